The van der Waals surface area contributed by atoms with Crippen molar-refractivity contribution >= 4 is 34.7 Å². The van der Waals surface area contributed by atoms with E-state index in [0.717, 1.165) is 21.8 Å². The monoisotopic (exact) mass is 408 g/mol. The van der Waals surface area contributed by atoms with Gasteiger partial charge in [0.05, 0.1) is 24.9 Å². The van der Waals surface area contributed by atoms with Crippen molar-refractivity contribution in [2.24, 2.45) is 0 Å². The van der Waals surface area contributed by atoms with E-state index in [4.69, 9.17) is 11.6 Å². The molecule has 0 aliphatic heterocycles. The Kier molecular flexibility index (Phi) is 5.50. The molecule has 0 unspecified atom stereocenters. The molecule has 4 aromatic rings. The lowest BCUT2D eigenvalue weighted by atomic mass is 10.2. The molecule has 0 aliphatic carbocycles. The number of benzene rings is 2. The van der Waals surface area contributed by atoms with E-state index in [9.17, 15) is 4.79 Å². The van der Waals surface area contributed by atoms with Gasteiger partial charge < -0.3 is 5.32 Å². The molecule has 2 aromatic heterocycles. The smallest absolute Gasteiger partial charge is 0.231 e. The summed E-state index contributed by atoms with van der Waals surface area (Å²) in [5, 5.41) is 10.7. The van der Waals surface area contributed by atoms with Gasteiger partial charge >= 0.3 is 0 Å². The second-order valence-electron chi connectivity index (χ2n) is 6.24. The molecule has 0 saturated heterocycles. The number of hydrogen-bond donors (Lipinski definition) is 1. The number of thiazole rings is 1. The van der Waals surface area contributed by atoms with Crippen molar-refractivity contribution in [3.8, 4) is 10.6 Å². The molecule has 2 heterocycles. The third-order valence-corrected chi connectivity index (χ3v) is 5.34. The van der Waals surface area contributed by atoms with Crippen molar-refractivity contribution in [2.75, 3.05) is 5.32 Å². The molecule has 0 spiro atoms. The highest BCUT2D eigenvalue weighted by Crippen LogP contribution is 2.25. The summed E-state index contributed by atoms with van der Waals surface area (Å²) < 4.78 is 1.77. The molecule has 0 aliphatic rings. The van der Waals surface area contributed by atoms with Crippen molar-refractivity contribution in [1.82, 2.24) is 14.8 Å². The van der Waals surface area contributed by atoms with Gasteiger partial charge in [0.2, 0.25) is 5.91 Å². The van der Waals surface area contributed by atoms with Crippen molar-refractivity contribution in [2.45, 2.75) is 13.0 Å². The number of anilines is 1. The summed E-state index contributed by atoms with van der Waals surface area (Å²) in [6.07, 6.45) is 1.89. The molecule has 7 heteroatoms. The zero-order valence-electron chi connectivity index (χ0n) is 14.9. The van der Waals surface area contributed by atoms with E-state index in [2.05, 4.69) is 15.4 Å². The fraction of sp³-hybridized carbons (Fsp3) is 0.0952. The van der Waals surface area contributed by atoms with Crippen LogP contribution in [0, 0.1) is 0 Å². The molecule has 0 atom stereocenters. The van der Waals surface area contributed by atoms with Crippen molar-refractivity contribution < 1.29 is 4.79 Å². The Morgan fingerprint density at radius 2 is 1.86 bits per heavy atom. The molecular weight excluding hydrogens is 392 g/mol. The fourth-order valence-electron chi connectivity index (χ4n) is 2.79. The summed E-state index contributed by atoms with van der Waals surface area (Å²) >= 11 is 7.44. The van der Waals surface area contributed by atoms with Crippen LogP contribution in [0.2, 0.25) is 5.02 Å². The molecule has 1 N–H and O–H groups in total. The van der Waals surface area contributed by atoms with Gasteiger partial charge in [-0.15, -0.1) is 11.3 Å². The van der Waals surface area contributed by atoms with Crippen LogP contribution in [0.25, 0.3) is 10.6 Å². The highest BCUT2D eigenvalue weighted by atomic mass is 35.5. The summed E-state index contributed by atoms with van der Waals surface area (Å²) in [5.41, 5.74) is 2.84. The van der Waals surface area contributed by atoms with Crippen molar-refractivity contribution in [1.29, 1.82) is 0 Å². The van der Waals surface area contributed by atoms with Gasteiger partial charge in [-0.1, -0.05) is 54.1 Å². The quantitative estimate of drug-likeness (QED) is 0.494. The molecule has 5 nitrogen and oxygen atoms in total. The minimum absolute atomic E-state index is 0.122. The van der Waals surface area contributed by atoms with Gasteiger partial charge in [0.15, 0.2) is 0 Å². The SMILES string of the molecule is O=C(Cc1csc(-c2ccc(Cl)cc2)n1)Nc1ccnn1Cc1ccccc1. The molecule has 0 radical (unpaired) electrons. The van der Waals surface area contributed by atoms with E-state index < -0.39 is 0 Å². The van der Waals surface area contributed by atoms with Crippen LogP contribution in [0.15, 0.2) is 72.2 Å². The number of halogens is 1. The number of carbonyl (C=O) groups excluding carboxylic acids is 1. The van der Waals surface area contributed by atoms with Gasteiger partial charge in [0, 0.05) is 22.0 Å². The maximum absolute atomic E-state index is 12.5. The van der Waals surface area contributed by atoms with E-state index in [1.165, 1.54) is 11.3 Å². The number of rotatable bonds is 6. The largest absolute Gasteiger partial charge is 0.311 e. The normalized spacial score (nSPS) is 10.8. The van der Waals surface area contributed by atoms with Gasteiger partial charge in [-0.3, -0.25) is 4.79 Å². The Morgan fingerprint density at radius 1 is 1.07 bits per heavy atom. The van der Waals surface area contributed by atoms with Gasteiger partial charge in [-0.05, 0) is 17.7 Å². The second-order valence-corrected chi connectivity index (χ2v) is 7.53. The number of hydrogen-bond acceptors (Lipinski definition) is 4. The average molecular weight is 409 g/mol. The summed E-state index contributed by atoms with van der Waals surface area (Å²) in [7, 11) is 0. The highest BCUT2D eigenvalue weighted by Gasteiger charge is 2.12. The summed E-state index contributed by atoms with van der Waals surface area (Å²) in [4.78, 5) is 17.0. The van der Waals surface area contributed by atoms with Crippen LogP contribution >= 0.6 is 22.9 Å². The van der Waals surface area contributed by atoms with Crippen LogP contribution in [0.3, 0.4) is 0 Å². The molecule has 140 valence electrons. The lowest BCUT2D eigenvalue weighted by Gasteiger charge is -2.08. The fourth-order valence-corrected chi connectivity index (χ4v) is 3.74. The van der Waals surface area contributed by atoms with Gasteiger partial charge in [-0.25, -0.2) is 9.67 Å². The molecule has 1 amide bonds. The van der Waals surface area contributed by atoms with Crippen molar-refractivity contribution in [3.63, 3.8) is 0 Å². The third kappa shape index (κ3) is 4.47. The van der Waals surface area contributed by atoms with E-state index in [1.54, 1.807) is 16.9 Å². The maximum atomic E-state index is 12.5. The Morgan fingerprint density at radius 3 is 2.64 bits per heavy atom. The van der Waals surface area contributed by atoms with Gasteiger partial charge in [0.1, 0.15) is 10.8 Å². The van der Waals surface area contributed by atoms with E-state index in [1.807, 2.05) is 60.0 Å². The molecular formula is C21H17ClN4OS. The van der Waals surface area contributed by atoms with Crippen LogP contribution in [-0.4, -0.2) is 20.7 Å². The lowest BCUT2D eigenvalue weighted by molar-refractivity contribution is -0.115. The third-order valence-electron chi connectivity index (χ3n) is 4.14. The standard InChI is InChI=1S/C21H17ClN4OS/c22-17-8-6-16(7-9-17)21-24-18(14-28-21)12-20(27)25-19-10-11-23-26(19)13-15-4-2-1-3-5-15/h1-11,14H,12-13H2,(H,25,27). The first-order valence-corrected chi connectivity index (χ1v) is 9.99. The lowest BCUT2D eigenvalue weighted by Crippen LogP contribution is -2.18. The van der Waals surface area contributed by atoms with Crippen LogP contribution in [0.4, 0.5) is 5.82 Å². The van der Waals surface area contributed by atoms with Gasteiger partial charge in [-0.2, -0.15) is 5.10 Å². The molecule has 0 fully saturated rings. The topological polar surface area (TPSA) is 59.8 Å². The summed E-state index contributed by atoms with van der Waals surface area (Å²) in [5.74, 6) is 0.546. The summed E-state index contributed by atoms with van der Waals surface area (Å²) in [6.45, 7) is 0.598. The second kappa shape index (κ2) is 8.37. The molecule has 4 rings (SSSR count). The minimum Gasteiger partial charge on any atom is -0.311 e. The molecule has 0 bridgehead atoms. The first-order valence-electron chi connectivity index (χ1n) is 8.73. The number of carbonyl (C=O) groups is 1. The van der Waals surface area contributed by atoms with Gasteiger partial charge in [0.25, 0.3) is 0 Å². The number of nitrogens with zero attached hydrogens (tertiary/aromatic N) is 3. The molecule has 2 aromatic carbocycles. The van der Waals surface area contributed by atoms with Crippen LogP contribution < -0.4 is 5.32 Å². The highest BCUT2D eigenvalue weighted by molar-refractivity contribution is 7.13. The predicted molar refractivity (Wildman–Crippen MR) is 113 cm³/mol. The zero-order valence-corrected chi connectivity index (χ0v) is 16.5. The average Bonchev–Trinajstić information content (AvgIpc) is 3.33. The van der Waals surface area contributed by atoms with Crippen LogP contribution in [0.5, 0.6) is 0 Å². The Bertz CT molecular complexity index is 1070. The van der Waals surface area contributed by atoms with Crippen molar-refractivity contribution in [3.05, 3.63) is 88.5 Å². The number of nitrogens with one attached hydrogen (secondary N) is 1. The zero-order chi connectivity index (χ0) is 19.3. The molecule has 28 heavy (non-hydrogen) atoms. The Balaban J connectivity index is 1.40. The van der Waals surface area contributed by atoms with Crippen LogP contribution in [-0.2, 0) is 17.8 Å². The minimum atomic E-state index is -0.122. The molecule has 0 saturated carbocycles. The van der Waals surface area contributed by atoms with E-state index in [-0.39, 0.29) is 12.3 Å². The first-order chi connectivity index (χ1) is 13.7. The Labute approximate surface area is 171 Å². The number of amides is 1. The van der Waals surface area contributed by atoms with E-state index >= 15 is 0 Å². The predicted octanol–water partition coefficient (Wildman–Crippen LogP) is 4.89. The van der Waals surface area contributed by atoms with Crippen LogP contribution in [0.1, 0.15) is 11.3 Å². The first kappa shape index (κ1) is 18.4. The Hall–Kier alpha value is -2.96. The summed E-state index contributed by atoms with van der Waals surface area (Å²) in [6, 6.07) is 19.3. The number of aromatic nitrogens is 3. The maximum Gasteiger partial charge on any atom is 0.231 e. The van der Waals surface area contributed by atoms with E-state index in [0.29, 0.717) is 17.4 Å².